The van der Waals surface area contributed by atoms with Gasteiger partial charge >= 0.3 is 0 Å². The Morgan fingerprint density at radius 1 is 1.50 bits per heavy atom. The Hall–Kier alpha value is -1.20. The van der Waals surface area contributed by atoms with Crippen molar-refractivity contribution in [3.8, 4) is 5.75 Å². The predicted octanol–water partition coefficient (Wildman–Crippen LogP) is -0.581. The second-order valence-corrected chi connectivity index (χ2v) is 4.48. The van der Waals surface area contributed by atoms with Gasteiger partial charge < -0.3 is 22.9 Å². The molecule has 100 valence electrons. The van der Waals surface area contributed by atoms with Gasteiger partial charge in [0.05, 0.1) is 6.61 Å². The van der Waals surface area contributed by atoms with E-state index in [1.165, 1.54) is 18.7 Å². The first-order valence-corrected chi connectivity index (χ1v) is 6.26. The number of amidine groups is 1. The van der Waals surface area contributed by atoms with Crippen LogP contribution < -0.4 is 22.9 Å². The van der Waals surface area contributed by atoms with Gasteiger partial charge in [0.1, 0.15) is 5.75 Å². The summed E-state index contributed by atoms with van der Waals surface area (Å²) in [6.07, 6.45) is 0. The lowest BCUT2D eigenvalue weighted by Gasteiger charge is -2.10. The van der Waals surface area contributed by atoms with Crippen LogP contribution in [0.3, 0.4) is 0 Å². The second kappa shape index (κ2) is 8.00. The fraction of sp³-hybridized carbons (Fsp3) is 0.333. The molecule has 0 saturated heterocycles. The Morgan fingerprint density at radius 2 is 2.17 bits per heavy atom. The van der Waals surface area contributed by atoms with Crippen molar-refractivity contribution in [2.75, 3.05) is 6.61 Å². The summed E-state index contributed by atoms with van der Waals surface area (Å²) in [5.74, 6) is 1.29. The molecule has 0 aliphatic rings. The molecule has 0 aliphatic heterocycles. The molecule has 0 aromatic heterocycles. The van der Waals surface area contributed by atoms with E-state index < -0.39 is 0 Å². The van der Waals surface area contributed by atoms with E-state index in [-0.39, 0.29) is 23.4 Å². The SMILES string of the molecule is CCOc1ccc(C(C)=O)cc1CSC(=N)N.[Cl-]. The van der Waals surface area contributed by atoms with Gasteiger partial charge in [-0.1, -0.05) is 11.8 Å². The minimum absolute atomic E-state index is 0. The van der Waals surface area contributed by atoms with Crippen LogP contribution in [0.15, 0.2) is 18.2 Å². The third-order valence-electron chi connectivity index (χ3n) is 2.15. The molecular weight excluding hydrogens is 272 g/mol. The molecule has 4 nitrogen and oxygen atoms in total. The van der Waals surface area contributed by atoms with E-state index in [1.54, 1.807) is 18.2 Å². The zero-order valence-corrected chi connectivity index (χ0v) is 11.9. The van der Waals surface area contributed by atoms with Crippen molar-refractivity contribution in [3.05, 3.63) is 29.3 Å². The zero-order valence-electron chi connectivity index (χ0n) is 10.3. The number of thioether (sulfide) groups is 1. The van der Waals surface area contributed by atoms with Crippen LogP contribution in [0.1, 0.15) is 29.8 Å². The van der Waals surface area contributed by atoms with Crippen LogP contribution in [-0.2, 0) is 5.75 Å². The lowest BCUT2D eigenvalue weighted by Crippen LogP contribution is -3.00. The number of rotatable bonds is 5. The van der Waals surface area contributed by atoms with Gasteiger partial charge in [-0.25, -0.2) is 0 Å². The first kappa shape index (κ1) is 16.8. The Balaban J connectivity index is 0.00000289. The van der Waals surface area contributed by atoms with Crippen LogP contribution in [0.5, 0.6) is 5.75 Å². The number of carbonyl (C=O) groups excluding carboxylic acids is 1. The van der Waals surface area contributed by atoms with Crippen molar-refractivity contribution in [1.29, 1.82) is 5.41 Å². The molecule has 0 aliphatic carbocycles. The Bertz CT molecular complexity index is 438. The van der Waals surface area contributed by atoms with Crippen molar-refractivity contribution in [1.82, 2.24) is 0 Å². The summed E-state index contributed by atoms with van der Waals surface area (Å²) < 4.78 is 5.47. The van der Waals surface area contributed by atoms with Crippen molar-refractivity contribution in [2.45, 2.75) is 19.6 Å². The molecule has 0 unspecified atom stereocenters. The highest BCUT2D eigenvalue weighted by molar-refractivity contribution is 8.13. The molecule has 0 atom stereocenters. The topological polar surface area (TPSA) is 76.2 Å². The highest BCUT2D eigenvalue weighted by Gasteiger charge is 2.08. The minimum Gasteiger partial charge on any atom is -1.00 e. The molecule has 3 N–H and O–H groups in total. The van der Waals surface area contributed by atoms with Gasteiger partial charge in [0, 0.05) is 16.9 Å². The Morgan fingerprint density at radius 3 is 2.67 bits per heavy atom. The molecule has 0 fully saturated rings. The van der Waals surface area contributed by atoms with Crippen LogP contribution >= 0.6 is 11.8 Å². The van der Waals surface area contributed by atoms with Gasteiger partial charge in [0.15, 0.2) is 11.0 Å². The fourth-order valence-electron chi connectivity index (χ4n) is 1.36. The van der Waals surface area contributed by atoms with E-state index >= 15 is 0 Å². The van der Waals surface area contributed by atoms with E-state index in [2.05, 4.69) is 0 Å². The monoisotopic (exact) mass is 287 g/mol. The van der Waals surface area contributed by atoms with Gasteiger partial charge in [-0.3, -0.25) is 10.2 Å². The molecule has 0 saturated carbocycles. The summed E-state index contributed by atoms with van der Waals surface area (Å²) in [5, 5.41) is 7.24. The van der Waals surface area contributed by atoms with Crippen LogP contribution in [-0.4, -0.2) is 17.6 Å². The van der Waals surface area contributed by atoms with Crippen LogP contribution in [0.25, 0.3) is 0 Å². The quantitative estimate of drug-likeness (QED) is 0.432. The fourth-order valence-corrected chi connectivity index (χ4v) is 1.90. The summed E-state index contributed by atoms with van der Waals surface area (Å²) in [7, 11) is 0. The van der Waals surface area contributed by atoms with Crippen molar-refractivity contribution in [2.24, 2.45) is 5.73 Å². The van der Waals surface area contributed by atoms with Crippen molar-refractivity contribution in [3.63, 3.8) is 0 Å². The number of ether oxygens (including phenoxy) is 1. The lowest BCUT2D eigenvalue weighted by atomic mass is 10.1. The highest BCUT2D eigenvalue weighted by Crippen LogP contribution is 2.25. The number of halogens is 1. The molecule has 18 heavy (non-hydrogen) atoms. The van der Waals surface area contributed by atoms with Gasteiger partial charge in [-0.2, -0.15) is 0 Å². The van der Waals surface area contributed by atoms with E-state index in [0.717, 1.165) is 11.3 Å². The second-order valence-electron chi connectivity index (χ2n) is 3.46. The molecule has 6 heteroatoms. The highest BCUT2D eigenvalue weighted by atomic mass is 35.5. The maximum Gasteiger partial charge on any atom is 0.159 e. The molecule has 0 spiro atoms. The number of carbonyl (C=O) groups is 1. The molecule has 0 amide bonds. The third kappa shape index (κ3) is 4.98. The number of hydrogen-bond acceptors (Lipinski definition) is 4. The number of Topliss-reactive ketones (excluding diaryl/α,β-unsaturated/α-hetero) is 1. The summed E-state index contributed by atoms with van der Waals surface area (Å²) in [5.41, 5.74) is 6.84. The predicted molar refractivity (Wildman–Crippen MR) is 70.8 cm³/mol. The first-order valence-electron chi connectivity index (χ1n) is 5.28. The van der Waals surface area contributed by atoms with E-state index in [1.807, 2.05) is 6.92 Å². The van der Waals surface area contributed by atoms with Crippen LogP contribution in [0.4, 0.5) is 0 Å². The molecule has 0 bridgehead atoms. The van der Waals surface area contributed by atoms with Crippen molar-refractivity contribution < 1.29 is 21.9 Å². The van der Waals surface area contributed by atoms with E-state index in [9.17, 15) is 4.79 Å². The standard InChI is InChI=1S/C12H16N2O2S.ClH/c1-3-16-11-5-4-9(8(2)15)6-10(11)7-17-12(13)14;/h4-6H,3,7H2,1-2H3,(H3,13,14);1H/p-1. The maximum atomic E-state index is 11.3. The zero-order chi connectivity index (χ0) is 12.8. The van der Waals surface area contributed by atoms with Gasteiger partial charge in [-0.15, -0.1) is 0 Å². The van der Waals surface area contributed by atoms with Gasteiger partial charge in [0.2, 0.25) is 0 Å². The lowest BCUT2D eigenvalue weighted by molar-refractivity contribution is -0.0000124. The molecular formula is C12H16ClN2O2S-. The number of ketones is 1. The van der Waals surface area contributed by atoms with Gasteiger partial charge in [0.25, 0.3) is 0 Å². The maximum absolute atomic E-state index is 11.3. The molecule has 0 radical (unpaired) electrons. The number of benzene rings is 1. The summed E-state index contributed by atoms with van der Waals surface area (Å²) >= 11 is 1.21. The van der Waals surface area contributed by atoms with E-state index in [4.69, 9.17) is 15.9 Å². The average molecular weight is 288 g/mol. The molecule has 1 rings (SSSR count). The van der Waals surface area contributed by atoms with Crippen LogP contribution in [0.2, 0.25) is 0 Å². The minimum atomic E-state index is 0. The third-order valence-corrected chi connectivity index (χ3v) is 2.92. The summed E-state index contributed by atoms with van der Waals surface area (Å²) in [6, 6.07) is 5.33. The largest absolute Gasteiger partial charge is 1.00 e. The van der Waals surface area contributed by atoms with Crippen LogP contribution in [0, 0.1) is 5.41 Å². The average Bonchev–Trinajstić information content (AvgIpc) is 2.27. The number of nitrogens with one attached hydrogen (secondary N) is 1. The molecule has 1 aromatic rings. The van der Waals surface area contributed by atoms with E-state index in [0.29, 0.717) is 17.9 Å². The summed E-state index contributed by atoms with van der Waals surface area (Å²) in [4.78, 5) is 11.3. The van der Waals surface area contributed by atoms with Crippen molar-refractivity contribution >= 4 is 22.7 Å². The Kier molecular flexibility index (Phi) is 7.47. The Labute approximate surface area is 117 Å². The number of nitrogens with two attached hydrogens (primary N) is 1. The smallest absolute Gasteiger partial charge is 0.159 e. The van der Waals surface area contributed by atoms with Gasteiger partial charge in [-0.05, 0) is 32.0 Å². The number of hydrogen-bond donors (Lipinski definition) is 2. The normalized spacial score (nSPS) is 9.44. The first-order chi connectivity index (χ1) is 8.04. The summed E-state index contributed by atoms with van der Waals surface area (Å²) in [6.45, 7) is 4.00. The molecule has 1 aromatic carbocycles. The molecule has 0 heterocycles.